The molecule has 23 heavy (non-hydrogen) atoms. The highest BCUT2D eigenvalue weighted by Crippen LogP contribution is 2.35. The van der Waals surface area contributed by atoms with Crippen LogP contribution in [0.5, 0.6) is 0 Å². The van der Waals surface area contributed by atoms with E-state index in [-0.39, 0.29) is 5.82 Å². The maximum absolute atomic E-state index is 9.46. The summed E-state index contributed by atoms with van der Waals surface area (Å²) < 4.78 is 1.87. The molecule has 3 aromatic rings. The van der Waals surface area contributed by atoms with Crippen molar-refractivity contribution >= 4 is 37.7 Å². The van der Waals surface area contributed by atoms with Gasteiger partial charge in [0.2, 0.25) is 0 Å². The van der Waals surface area contributed by atoms with Crippen LogP contribution in [0.3, 0.4) is 0 Å². The molecule has 2 N–H and O–H groups in total. The molecular weight excluding hydrogens is 418 g/mol. The van der Waals surface area contributed by atoms with Gasteiger partial charge in [0.15, 0.2) is 0 Å². The summed E-state index contributed by atoms with van der Waals surface area (Å²) in [6.07, 6.45) is 0. The molecule has 0 aliphatic carbocycles. The van der Waals surface area contributed by atoms with Crippen LogP contribution < -0.4 is 5.73 Å². The van der Waals surface area contributed by atoms with E-state index in [9.17, 15) is 5.26 Å². The second kappa shape index (κ2) is 6.53. The number of hydrogen-bond acceptors (Lipinski definition) is 3. The standard InChI is InChI=1S/C18H11Br2N3/c19-12-5-3-4-11(8-12)17-9-14(15(10-21)18(22)23-17)13-6-1-2-7-16(13)20/h1-9H,(H2,22,23). The fourth-order valence-electron chi connectivity index (χ4n) is 2.37. The SMILES string of the molecule is N#Cc1c(-c2ccccc2Br)cc(-c2cccc(Br)c2)nc1N. The second-order valence-corrected chi connectivity index (χ2v) is 6.69. The minimum Gasteiger partial charge on any atom is -0.383 e. The summed E-state index contributed by atoms with van der Waals surface area (Å²) >= 11 is 7.00. The zero-order valence-electron chi connectivity index (χ0n) is 11.9. The highest BCUT2D eigenvalue weighted by molar-refractivity contribution is 9.10. The van der Waals surface area contributed by atoms with Crippen molar-refractivity contribution in [1.29, 1.82) is 5.26 Å². The van der Waals surface area contributed by atoms with Crippen LogP contribution in [0.15, 0.2) is 63.5 Å². The first kappa shape index (κ1) is 15.7. The Bertz CT molecular complexity index is 930. The molecule has 1 heterocycles. The van der Waals surface area contributed by atoms with Crippen LogP contribution >= 0.6 is 31.9 Å². The van der Waals surface area contributed by atoms with E-state index in [1.165, 1.54) is 0 Å². The molecule has 0 fully saturated rings. The van der Waals surface area contributed by atoms with E-state index in [4.69, 9.17) is 5.73 Å². The van der Waals surface area contributed by atoms with Crippen molar-refractivity contribution in [3.8, 4) is 28.5 Å². The Morgan fingerprint density at radius 2 is 1.74 bits per heavy atom. The molecule has 0 bridgehead atoms. The Kier molecular flexibility index (Phi) is 4.46. The molecule has 0 aliphatic heterocycles. The minimum absolute atomic E-state index is 0.232. The van der Waals surface area contributed by atoms with E-state index >= 15 is 0 Å². The van der Waals surface area contributed by atoms with Crippen LogP contribution in [0, 0.1) is 11.3 Å². The van der Waals surface area contributed by atoms with Crippen LogP contribution in [0.25, 0.3) is 22.4 Å². The third kappa shape index (κ3) is 3.14. The van der Waals surface area contributed by atoms with Gasteiger partial charge in [-0.3, -0.25) is 0 Å². The van der Waals surface area contributed by atoms with Crippen LogP contribution in [-0.4, -0.2) is 4.98 Å². The average Bonchev–Trinajstić information content (AvgIpc) is 2.54. The molecule has 0 radical (unpaired) electrons. The van der Waals surface area contributed by atoms with Crippen LogP contribution in [0.4, 0.5) is 5.82 Å². The van der Waals surface area contributed by atoms with E-state index in [0.717, 1.165) is 31.3 Å². The summed E-state index contributed by atoms with van der Waals surface area (Å²) in [5, 5.41) is 9.46. The molecule has 0 saturated carbocycles. The molecule has 0 unspecified atom stereocenters. The summed E-state index contributed by atoms with van der Waals surface area (Å²) in [6, 6.07) is 19.6. The molecule has 5 heteroatoms. The number of halogens is 2. The molecule has 112 valence electrons. The van der Waals surface area contributed by atoms with Crippen LogP contribution in [0.1, 0.15) is 5.56 Å². The number of anilines is 1. The summed E-state index contributed by atoms with van der Waals surface area (Å²) in [7, 11) is 0. The van der Waals surface area contributed by atoms with Gasteiger partial charge in [0, 0.05) is 20.1 Å². The summed E-state index contributed by atoms with van der Waals surface area (Å²) in [4.78, 5) is 4.39. The first-order chi connectivity index (χ1) is 11.1. The largest absolute Gasteiger partial charge is 0.383 e. The normalized spacial score (nSPS) is 10.3. The Labute approximate surface area is 151 Å². The zero-order valence-corrected chi connectivity index (χ0v) is 15.1. The van der Waals surface area contributed by atoms with Gasteiger partial charge in [-0.2, -0.15) is 5.26 Å². The average molecular weight is 429 g/mol. The highest BCUT2D eigenvalue weighted by atomic mass is 79.9. The lowest BCUT2D eigenvalue weighted by Crippen LogP contribution is -2.00. The first-order valence-corrected chi connectivity index (χ1v) is 8.40. The summed E-state index contributed by atoms with van der Waals surface area (Å²) in [5.74, 6) is 0.232. The van der Waals surface area contributed by atoms with Crippen LogP contribution in [-0.2, 0) is 0 Å². The van der Waals surface area contributed by atoms with Gasteiger partial charge in [-0.25, -0.2) is 4.98 Å². The van der Waals surface area contributed by atoms with Gasteiger partial charge in [-0.15, -0.1) is 0 Å². The predicted molar refractivity (Wildman–Crippen MR) is 99.6 cm³/mol. The van der Waals surface area contributed by atoms with Crippen molar-refractivity contribution in [3.05, 3.63) is 69.1 Å². The third-order valence-corrected chi connectivity index (χ3v) is 4.63. The zero-order chi connectivity index (χ0) is 16.4. The third-order valence-electron chi connectivity index (χ3n) is 3.44. The quantitative estimate of drug-likeness (QED) is 0.594. The molecule has 0 amide bonds. The van der Waals surface area contributed by atoms with Gasteiger partial charge < -0.3 is 5.73 Å². The molecule has 0 saturated heterocycles. The molecule has 0 aliphatic rings. The highest BCUT2D eigenvalue weighted by Gasteiger charge is 2.15. The van der Waals surface area contributed by atoms with Crippen molar-refractivity contribution in [3.63, 3.8) is 0 Å². The number of aromatic nitrogens is 1. The number of pyridine rings is 1. The molecule has 3 rings (SSSR count). The van der Waals surface area contributed by atoms with Gasteiger partial charge in [0.25, 0.3) is 0 Å². The molecule has 3 nitrogen and oxygen atoms in total. The van der Waals surface area contributed by atoms with Crippen molar-refractivity contribution in [2.45, 2.75) is 0 Å². The monoisotopic (exact) mass is 427 g/mol. The van der Waals surface area contributed by atoms with Crippen molar-refractivity contribution < 1.29 is 0 Å². The van der Waals surface area contributed by atoms with Crippen LogP contribution in [0.2, 0.25) is 0 Å². The first-order valence-electron chi connectivity index (χ1n) is 6.81. The Morgan fingerprint density at radius 1 is 0.957 bits per heavy atom. The number of nitriles is 1. The molecule has 0 atom stereocenters. The van der Waals surface area contributed by atoms with Gasteiger partial charge in [0.05, 0.1) is 5.69 Å². The number of nitrogens with two attached hydrogens (primary N) is 1. The maximum atomic E-state index is 9.46. The van der Waals surface area contributed by atoms with Crippen molar-refractivity contribution in [2.75, 3.05) is 5.73 Å². The Balaban J connectivity index is 2.27. The molecule has 2 aromatic carbocycles. The Morgan fingerprint density at radius 3 is 2.43 bits per heavy atom. The molecular formula is C18H11Br2N3. The number of rotatable bonds is 2. The smallest absolute Gasteiger partial charge is 0.142 e. The van der Waals surface area contributed by atoms with Gasteiger partial charge in [-0.1, -0.05) is 62.2 Å². The van der Waals surface area contributed by atoms with Gasteiger partial charge in [-0.05, 0) is 29.8 Å². The predicted octanol–water partition coefficient (Wildman–Crippen LogP) is 5.39. The van der Waals surface area contributed by atoms with E-state index in [0.29, 0.717) is 5.56 Å². The van der Waals surface area contributed by atoms with Gasteiger partial charge in [0.1, 0.15) is 17.5 Å². The summed E-state index contributed by atoms with van der Waals surface area (Å²) in [6.45, 7) is 0. The van der Waals surface area contributed by atoms with E-state index in [2.05, 4.69) is 42.9 Å². The van der Waals surface area contributed by atoms with Crippen molar-refractivity contribution in [1.82, 2.24) is 4.98 Å². The van der Waals surface area contributed by atoms with E-state index in [1.54, 1.807) is 0 Å². The molecule has 1 aromatic heterocycles. The minimum atomic E-state index is 0.232. The number of nitrogen functional groups attached to an aromatic ring is 1. The van der Waals surface area contributed by atoms with Crippen molar-refractivity contribution in [2.24, 2.45) is 0 Å². The fourth-order valence-corrected chi connectivity index (χ4v) is 3.27. The van der Waals surface area contributed by atoms with Gasteiger partial charge >= 0.3 is 0 Å². The molecule has 0 spiro atoms. The fraction of sp³-hybridized carbons (Fsp3) is 0. The topological polar surface area (TPSA) is 62.7 Å². The number of benzene rings is 2. The maximum Gasteiger partial charge on any atom is 0.142 e. The van der Waals surface area contributed by atoms with E-state index in [1.807, 2.05) is 54.6 Å². The second-order valence-electron chi connectivity index (χ2n) is 4.92. The lowest BCUT2D eigenvalue weighted by atomic mass is 9.98. The van der Waals surface area contributed by atoms with E-state index < -0.39 is 0 Å². The lowest BCUT2D eigenvalue weighted by Gasteiger charge is -2.11. The lowest BCUT2D eigenvalue weighted by molar-refractivity contribution is 1.31. The Hall–Kier alpha value is -2.16. The number of hydrogen-bond donors (Lipinski definition) is 1. The summed E-state index contributed by atoms with van der Waals surface area (Å²) in [5.41, 5.74) is 9.76. The number of nitrogens with zero attached hydrogens (tertiary/aromatic N) is 2.